The van der Waals surface area contributed by atoms with E-state index >= 15 is 0 Å². The molecule has 4 nitrogen and oxygen atoms in total. The maximum Gasteiger partial charge on any atom is 0.120 e. The van der Waals surface area contributed by atoms with E-state index in [0.717, 1.165) is 56.7 Å². The van der Waals surface area contributed by atoms with Gasteiger partial charge in [0.05, 0.1) is 6.54 Å². The first kappa shape index (κ1) is 28.5. The fourth-order valence-corrected chi connectivity index (χ4v) is 4.65. The number of furan rings is 1. The summed E-state index contributed by atoms with van der Waals surface area (Å²) >= 11 is 0. The third kappa shape index (κ3) is 8.46. The highest BCUT2D eigenvalue weighted by Gasteiger charge is 2.09. The molecule has 4 heteroatoms. The number of unbranched alkanes of at least 4 members (excludes halogenated alkanes) is 2. The van der Waals surface area contributed by atoms with Crippen LogP contribution in [-0.2, 0) is 30.7 Å². The van der Waals surface area contributed by atoms with E-state index in [0.29, 0.717) is 6.42 Å². The van der Waals surface area contributed by atoms with Crippen molar-refractivity contribution < 1.29 is 9.21 Å². The molecule has 37 heavy (non-hydrogen) atoms. The largest absolute Gasteiger partial charge is 0.465 e. The summed E-state index contributed by atoms with van der Waals surface area (Å²) in [7, 11) is 0. The number of hydrogen-bond donors (Lipinski definition) is 0. The molecule has 0 fully saturated rings. The molecule has 0 unspecified atom stereocenters. The van der Waals surface area contributed by atoms with Gasteiger partial charge in [0.15, 0.2) is 0 Å². The molecule has 0 saturated heterocycles. The molecular formula is C33H44N2O2. The minimum atomic E-state index is 0.636. The van der Waals surface area contributed by atoms with Gasteiger partial charge in [0.2, 0.25) is 0 Å². The zero-order valence-electron chi connectivity index (χ0n) is 23.2. The van der Waals surface area contributed by atoms with Crippen molar-refractivity contribution in [2.45, 2.75) is 79.3 Å². The summed E-state index contributed by atoms with van der Waals surface area (Å²) in [6.07, 6.45) is 9.29. The van der Waals surface area contributed by atoms with Gasteiger partial charge < -0.3 is 13.8 Å². The predicted molar refractivity (Wildman–Crippen MR) is 155 cm³/mol. The Balaban J connectivity index is 0.000000222. The first-order chi connectivity index (χ1) is 18.1. The summed E-state index contributed by atoms with van der Waals surface area (Å²) in [5.74, 6) is 2.20. The number of carbonyl (C=O) groups excluding carboxylic acids is 1. The number of aryl methyl sites for hydroxylation is 3. The van der Waals surface area contributed by atoms with E-state index in [2.05, 4.69) is 104 Å². The number of fused-ring (bicyclic) bond motifs is 1. The van der Waals surface area contributed by atoms with Gasteiger partial charge in [-0.3, -0.25) is 4.90 Å². The first-order valence-electron chi connectivity index (χ1n) is 13.9. The SMILES string of the molecule is CCCCN(CC)Cc1ccc(CC)o1.Cc1ccccc1Cn1cc(CCCC=O)c2ccccc21. The summed E-state index contributed by atoms with van der Waals surface area (Å²) < 4.78 is 8.03. The summed E-state index contributed by atoms with van der Waals surface area (Å²) in [6, 6.07) is 21.3. The van der Waals surface area contributed by atoms with E-state index in [-0.39, 0.29) is 0 Å². The smallest absolute Gasteiger partial charge is 0.120 e. The zero-order chi connectivity index (χ0) is 26.5. The number of hydrogen-bond acceptors (Lipinski definition) is 3. The van der Waals surface area contributed by atoms with Crippen LogP contribution in [0.4, 0.5) is 0 Å². The van der Waals surface area contributed by atoms with Crippen molar-refractivity contribution in [3.63, 3.8) is 0 Å². The van der Waals surface area contributed by atoms with Gasteiger partial charge in [-0.25, -0.2) is 0 Å². The van der Waals surface area contributed by atoms with Crippen LogP contribution in [0.1, 0.15) is 74.7 Å². The molecule has 4 aromatic rings. The van der Waals surface area contributed by atoms with Crippen LogP contribution in [0, 0.1) is 6.92 Å². The molecule has 0 amide bonds. The molecule has 0 aliphatic heterocycles. The molecule has 0 spiro atoms. The lowest BCUT2D eigenvalue weighted by Gasteiger charge is -2.18. The second-order valence-electron chi connectivity index (χ2n) is 9.73. The van der Waals surface area contributed by atoms with Crippen LogP contribution in [0.15, 0.2) is 71.3 Å². The Morgan fingerprint density at radius 1 is 0.892 bits per heavy atom. The van der Waals surface area contributed by atoms with Crippen LogP contribution in [0.3, 0.4) is 0 Å². The number of carbonyl (C=O) groups is 1. The summed E-state index contributed by atoms with van der Waals surface area (Å²) in [5.41, 5.74) is 5.28. The van der Waals surface area contributed by atoms with E-state index in [1.54, 1.807) is 0 Å². The van der Waals surface area contributed by atoms with E-state index < -0.39 is 0 Å². The monoisotopic (exact) mass is 500 g/mol. The van der Waals surface area contributed by atoms with Crippen LogP contribution in [0.25, 0.3) is 10.9 Å². The molecule has 4 rings (SSSR count). The molecule has 0 atom stereocenters. The van der Waals surface area contributed by atoms with Gasteiger partial charge in [0, 0.05) is 36.5 Å². The minimum absolute atomic E-state index is 0.636. The molecular weight excluding hydrogens is 456 g/mol. The van der Waals surface area contributed by atoms with Crippen molar-refractivity contribution in [2.24, 2.45) is 0 Å². The molecule has 0 saturated carbocycles. The minimum Gasteiger partial charge on any atom is -0.465 e. The Morgan fingerprint density at radius 3 is 2.35 bits per heavy atom. The quantitative estimate of drug-likeness (QED) is 0.138. The number of para-hydroxylation sites is 1. The average Bonchev–Trinajstić information content (AvgIpc) is 3.53. The second kappa shape index (κ2) is 15.2. The maximum absolute atomic E-state index is 10.5. The third-order valence-electron chi connectivity index (χ3n) is 6.96. The van der Waals surface area contributed by atoms with Crippen molar-refractivity contribution in [2.75, 3.05) is 13.1 Å². The maximum atomic E-state index is 10.5. The number of aldehydes is 1. The summed E-state index contributed by atoms with van der Waals surface area (Å²) in [5, 5.41) is 1.31. The van der Waals surface area contributed by atoms with Crippen LogP contribution < -0.4 is 0 Å². The van der Waals surface area contributed by atoms with Crippen molar-refractivity contribution in [1.29, 1.82) is 0 Å². The van der Waals surface area contributed by atoms with E-state index in [4.69, 9.17) is 4.42 Å². The lowest BCUT2D eigenvalue weighted by atomic mass is 10.1. The highest BCUT2D eigenvalue weighted by atomic mass is 16.3. The second-order valence-corrected chi connectivity index (χ2v) is 9.73. The Kier molecular flexibility index (Phi) is 11.7. The molecule has 0 radical (unpaired) electrons. The van der Waals surface area contributed by atoms with Gasteiger partial charge in [-0.1, -0.05) is 69.7 Å². The Hall–Kier alpha value is -3.11. The number of rotatable bonds is 13. The number of aromatic nitrogens is 1. The van der Waals surface area contributed by atoms with Gasteiger partial charge in [-0.05, 0) is 74.2 Å². The predicted octanol–water partition coefficient (Wildman–Crippen LogP) is 7.98. The molecule has 0 aliphatic carbocycles. The lowest BCUT2D eigenvalue weighted by molar-refractivity contribution is -0.107. The molecule has 0 aliphatic rings. The summed E-state index contributed by atoms with van der Waals surface area (Å²) in [6.45, 7) is 12.8. The van der Waals surface area contributed by atoms with Gasteiger partial charge in [0.1, 0.15) is 17.8 Å². The third-order valence-corrected chi connectivity index (χ3v) is 6.96. The highest BCUT2D eigenvalue weighted by molar-refractivity contribution is 5.84. The average molecular weight is 501 g/mol. The van der Waals surface area contributed by atoms with Crippen molar-refractivity contribution in [3.8, 4) is 0 Å². The standard InChI is InChI=1S/C20H21NO.C13H23NO/c1-16-8-2-3-9-17(16)14-21-15-18(10-6-7-13-22)19-11-4-5-12-20(19)21;1-4-7-10-14(6-3)11-13-9-8-12(5-2)15-13/h2-5,8-9,11-13,15H,6-7,10,14H2,1H3;8-9H,4-7,10-11H2,1-3H3. The topological polar surface area (TPSA) is 38.4 Å². The molecule has 0 N–H and O–H groups in total. The number of benzene rings is 2. The van der Waals surface area contributed by atoms with E-state index in [1.807, 2.05) is 0 Å². The molecule has 198 valence electrons. The van der Waals surface area contributed by atoms with E-state index in [9.17, 15) is 4.79 Å². The fourth-order valence-electron chi connectivity index (χ4n) is 4.65. The van der Waals surface area contributed by atoms with Crippen molar-refractivity contribution >= 4 is 17.2 Å². The van der Waals surface area contributed by atoms with Crippen molar-refractivity contribution in [3.05, 3.63) is 95.1 Å². The Labute approximate surface area is 223 Å². The van der Waals surface area contributed by atoms with Crippen molar-refractivity contribution in [1.82, 2.24) is 9.47 Å². The van der Waals surface area contributed by atoms with Gasteiger partial charge in [-0.2, -0.15) is 0 Å². The molecule has 2 aromatic carbocycles. The van der Waals surface area contributed by atoms with Crippen LogP contribution in [0.5, 0.6) is 0 Å². The molecule has 2 heterocycles. The molecule has 0 bridgehead atoms. The van der Waals surface area contributed by atoms with Crippen LogP contribution in [-0.4, -0.2) is 28.8 Å². The van der Waals surface area contributed by atoms with Gasteiger partial charge in [0.25, 0.3) is 0 Å². The number of nitrogens with zero attached hydrogens (tertiary/aromatic N) is 2. The first-order valence-corrected chi connectivity index (χ1v) is 13.9. The molecule has 2 aromatic heterocycles. The fraction of sp³-hybridized carbons (Fsp3) is 0.424. The van der Waals surface area contributed by atoms with Crippen LogP contribution in [0.2, 0.25) is 0 Å². The van der Waals surface area contributed by atoms with Gasteiger partial charge in [-0.15, -0.1) is 0 Å². The lowest BCUT2D eigenvalue weighted by Crippen LogP contribution is -2.23. The Bertz CT molecular complexity index is 1220. The van der Waals surface area contributed by atoms with E-state index in [1.165, 1.54) is 47.0 Å². The van der Waals surface area contributed by atoms with Gasteiger partial charge >= 0.3 is 0 Å². The highest BCUT2D eigenvalue weighted by Crippen LogP contribution is 2.24. The zero-order valence-corrected chi connectivity index (χ0v) is 23.2. The summed E-state index contributed by atoms with van der Waals surface area (Å²) in [4.78, 5) is 13.0. The van der Waals surface area contributed by atoms with Crippen LogP contribution >= 0.6 is 0 Å². The Morgan fingerprint density at radius 2 is 1.65 bits per heavy atom. The normalized spacial score (nSPS) is 11.1.